The van der Waals surface area contributed by atoms with E-state index in [4.69, 9.17) is 11.6 Å². The molecule has 2 aromatic carbocycles. The summed E-state index contributed by atoms with van der Waals surface area (Å²) in [6.07, 6.45) is 1.25. The van der Waals surface area contributed by atoms with Gasteiger partial charge in [0.25, 0.3) is 0 Å². The number of hydrogen-bond acceptors (Lipinski definition) is 0. The fraction of sp³-hybridized carbons (Fsp3) is 0.200. The fourth-order valence-corrected chi connectivity index (χ4v) is 3.57. The Hall–Kier alpha value is -1.27. The third-order valence-electron chi connectivity index (χ3n) is 4.02. The molecule has 0 heterocycles. The van der Waals surface area contributed by atoms with Crippen LogP contribution in [0.4, 0.5) is 0 Å². The van der Waals surface area contributed by atoms with Gasteiger partial charge >= 0.3 is 0 Å². The van der Waals surface area contributed by atoms with Gasteiger partial charge in [0.15, 0.2) is 0 Å². The van der Waals surface area contributed by atoms with Crippen molar-refractivity contribution in [1.29, 1.82) is 0 Å². The van der Waals surface area contributed by atoms with Gasteiger partial charge < -0.3 is 0 Å². The zero-order valence-electron chi connectivity index (χ0n) is 8.78. The first kappa shape index (κ1) is 8.83. The van der Waals surface area contributed by atoms with E-state index in [1.807, 2.05) is 6.07 Å². The molecule has 0 aromatic heterocycles. The zero-order valence-corrected chi connectivity index (χ0v) is 9.54. The molecule has 0 saturated carbocycles. The maximum absolute atomic E-state index is 6.09. The van der Waals surface area contributed by atoms with Crippen LogP contribution in [0.15, 0.2) is 42.5 Å². The van der Waals surface area contributed by atoms with E-state index in [2.05, 4.69) is 36.4 Å². The van der Waals surface area contributed by atoms with Crippen LogP contribution in [0.25, 0.3) is 0 Å². The van der Waals surface area contributed by atoms with Crippen LogP contribution in [0.1, 0.15) is 40.5 Å². The highest BCUT2D eigenvalue weighted by Crippen LogP contribution is 2.56. The molecule has 16 heavy (non-hydrogen) atoms. The van der Waals surface area contributed by atoms with E-state index in [1.54, 1.807) is 0 Å². The van der Waals surface area contributed by atoms with Crippen molar-refractivity contribution in [2.75, 3.05) is 0 Å². The van der Waals surface area contributed by atoms with Crippen LogP contribution in [0.3, 0.4) is 0 Å². The molecule has 0 N–H and O–H groups in total. The molecule has 0 amide bonds. The summed E-state index contributed by atoms with van der Waals surface area (Å²) in [5, 5.41) is 0.865. The molecule has 2 atom stereocenters. The van der Waals surface area contributed by atoms with Gasteiger partial charge in [0.2, 0.25) is 0 Å². The van der Waals surface area contributed by atoms with Gasteiger partial charge in [-0.3, -0.25) is 0 Å². The zero-order chi connectivity index (χ0) is 10.7. The van der Waals surface area contributed by atoms with E-state index in [9.17, 15) is 0 Å². The average Bonchev–Trinajstić information content (AvgIpc) is 2.85. The number of halogens is 1. The third-order valence-corrected chi connectivity index (χ3v) is 4.25. The highest BCUT2D eigenvalue weighted by molar-refractivity contribution is 6.30. The van der Waals surface area contributed by atoms with Crippen LogP contribution in [-0.4, -0.2) is 0 Å². The van der Waals surface area contributed by atoms with E-state index >= 15 is 0 Å². The Labute approximate surface area is 99.9 Å². The highest BCUT2D eigenvalue weighted by Gasteiger charge is 2.40. The van der Waals surface area contributed by atoms with Crippen molar-refractivity contribution in [2.24, 2.45) is 0 Å². The summed E-state index contributed by atoms with van der Waals surface area (Å²) in [6, 6.07) is 15.2. The molecular formula is C15H11Cl. The smallest absolute Gasteiger partial charge is 0.0409 e. The molecular weight excluding hydrogens is 216 g/mol. The predicted molar refractivity (Wildman–Crippen MR) is 66.2 cm³/mol. The van der Waals surface area contributed by atoms with Gasteiger partial charge in [-0.1, -0.05) is 41.9 Å². The Morgan fingerprint density at radius 2 is 1.44 bits per heavy atom. The Morgan fingerprint density at radius 3 is 2.19 bits per heavy atom. The Bertz CT molecular complexity index is 586. The maximum Gasteiger partial charge on any atom is 0.0409 e. The molecule has 0 aliphatic heterocycles. The molecule has 0 saturated heterocycles. The van der Waals surface area contributed by atoms with Crippen LogP contribution in [-0.2, 0) is 0 Å². The number of fused-ring (bicyclic) bond motifs is 8. The molecule has 2 bridgehead atoms. The van der Waals surface area contributed by atoms with Crippen molar-refractivity contribution in [2.45, 2.75) is 18.3 Å². The van der Waals surface area contributed by atoms with Gasteiger partial charge in [-0.25, -0.2) is 0 Å². The lowest BCUT2D eigenvalue weighted by Crippen LogP contribution is -2.02. The van der Waals surface area contributed by atoms with Crippen LogP contribution in [0.2, 0.25) is 5.02 Å². The van der Waals surface area contributed by atoms with Gasteiger partial charge in [-0.05, 0) is 40.8 Å². The third kappa shape index (κ3) is 0.959. The molecule has 0 nitrogen and oxygen atoms in total. The molecule has 2 aliphatic carbocycles. The SMILES string of the molecule is Clc1ccc2c(c1)[C@H]1C[C@H]2c2ccccc21. The Balaban J connectivity index is 1.99. The molecule has 0 radical (unpaired) electrons. The van der Waals surface area contributed by atoms with E-state index in [0.29, 0.717) is 11.8 Å². The molecule has 1 heteroatoms. The average molecular weight is 227 g/mol. The van der Waals surface area contributed by atoms with Gasteiger partial charge in [0, 0.05) is 16.9 Å². The lowest BCUT2D eigenvalue weighted by atomic mass is 9.86. The van der Waals surface area contributed by atoms with Crippen LogP contribution in [0, 0.1) is 0 Å². The molecule has 2 aromatic rings. The summed E-state index contributed by atoms with van der Waals surface area (Å²) in [5.41, 5.74) is 5.99. The maximum atomic E-state index is 6.09. The monoisotopic (exact) mass is 226 g/mol. The van der Waals surface area contributed by atoms with Crippen LogP contribution < -0.4 is 0 Å². The molecule has 0 unspecified atom stereocenters. The lowest BCUT2D eigenvalue weighted by molar-refractivity contribution is 0.796. The van der Waals surface area contributed by atoms with Gasteiger partial charge in [0.05, 0.1) is 0 Å². The molecule has 4 rings (SSSR count). The lowest BCUT2D eigenvalue weighted by Gasteiger charge is -2.18. The van der Waals surface area contributed by atoms with Crippen molar-refractivity contribution in [3.63, 3.8) is 0 Å². The second-order valence-corrected chi connectivity index (χ2v) is 5.18. The quantitative estimate of drug-likeness (QED) is 0.628. The first-order chi connectivity index (χ1) is 7.84. The molecule has 0 spiro atoms. The molecule has 2 aliphatic rings. The highest BCUT2D eigenvalue weighted by atomic mass is 35.5. The van der Waals surface area contributed by atoms with Crippen LogP contribution in [0.5, 0.6) is 0 Å². The van der Waals surface area contributed by atoms with Gasteiger partial charge in [0.1, 0.15) is 0 Å². The van der Waals surface area contributed by atoms with Crippen molar-refractivity contribution in [3.8, 4) is 0 Å². The Morgan fingerprint density at radius 1 is 0.812 bits per heavy atom. The minimum atomic E-state index is 0.592. The normalized spacial score (nSPS) is 24.3. The van der Waals surface area contributed by atoms with E-state index in [0.717, 1.165) is 5.02 Å². The van der Waals surface area contributed by atoms with Crippen molar-refractivity contribution in [3.05, 3.63) is 69.7 Å². The predicted octanol–water partition coefficient (Wildman–Crippen LogP) is 4.32. The number of rotatable bonds is 0. The Kier molecular flexibility index (Phi) is 1.60. The van der Waals surface area contributed by atoms with Gasteiger partial charge in [-0.2, -0.15) is 0 Å². The summed E-state index contributed by atoms with van der Waals surface area (Å²) in [6.45, 7) is 0. The van der Waals surface area contributed by atoms with Crippen molar-refractivity contribution >= 4 is 11.6 Å². The van der Waals surface area contributed by atoms with Crippen molar-refractivity contribution < 1.29 is 0 Å². The second-order valence-electron chi connectivity index (χ2n) is 4.74. The van der Waals surface area contributed by atoms with Gasteiger partial charge in [-0.15, -0.1) is 0 Å². The fourth-order valence-electron chi connectivity index (χ4n) is 3.39. The summed E-state index contributed by atoms with van der Waals surface area (Å²) >= 11 is 6.09. The van der Waals surface area contributed by atoms with Crippen molar-refractivity contribution in [1.82, 2.24) is 0 Å². The summed E-state index contributed by atoms with van der Waals surface area (Å²) < 4.78 is 0. The standard InChI is InChI=1S/C15H11Cl/c16-9-5-6-12-13(7-9)15-8-14(12)10-3-1-2-4-11(10)15/h1-7,14-15H,8H2/t14-,15-/m0/s1. The summed E-state index contributed by atoms with van der Waals surface area (Å²) in [5.74, 6) is 1.21. The largest absolute Gasteiger partial charge is 0.0843 e. The van der Waals surface area contributed by atoms with E-state index in [-0.39, 0.29) is 0 Å². The van der Waals surface area contributed by atoms with E-state index < -0.39 is 0 Å². The number of hydrogen-bond donors (Lipinski definition) is 0. The second kappa shape index (κ2) is 2.89. The number of benzene rings is 2. The summed E-state index contributed by atoms with van der Waals surface area (Å²) in [7, 11) is 0. The molecule has 78 valence electrons. The van der Waals surface area contributed by atoms with Crippen LogP contribution >= 0.6 is 11.6 Å². The first-order valence-electron chi connectivity index (χ1n) is 5.73. The minimum absolute atomic E-state index is 0.592. The minimum Gasteiger partial charge on any atom is -0.0843 e. The van der Waals surface area contributed by atoms with E-state index in [1.165, 1.54) is 28.7 Å². The molecule has 0 fully saturated rings. The topological polar surface area (TPSA) is 0 Å². The summed E-state index contributed by atoms with van der Waals surface area (Å²) in [4.78, 5) is 0. The first-order valence-corrected chi connectivity index (χ1v) is 6.10.